The number of hydrogen-bond donors (Lipinski definition) is 2. The molecule has 40 heavy (non-hydrogen) atoms. The highest BCUT2D eigenvalue weighted by molar-refractivity contribution is 5.99. The van der Waals surface area contributed by atoms with E-state index in [-0.39, 0.29) is 17.7 Å². The third-order valence-corrected chi connectivity index (χ3v) is 6.86. The van der Waals surface area contributed by atoms with Crippen molar-refractivity contribution in [3.8, 4) is 0 Å². The smallest absolute Gasteiger partial charge is 0.408 e. The predicted octanol–water partition coefficient (Wildman–Crippen LogP) is 7.28. The molecule has 0 bridgehead atoms. The van der Waals surface area contributed by atoms with E-state index in [1.54, 1.807) is 31.7 Å². The summed E-state index contributed by atoms with van der Waals surface area (Å²) < 4.78 is 5.50. The lowest BCUT2D eigenvalue weighted by Crippen LogP contribution is -2.55. The van der Waals surface area contributed by atoms with Crippen LogP contribution < -0.4 is 10.6 Å². The van der Waals surface area contributed by atoms with E-state index >= 15 is 0 Å². The number of aryl methyl sites for hydroxylation is 1. The van der Waals surface area contributed by atoms with Gasteiger partial charge in [-0.2, -0.15) is 0 Å². The van der Waals surface area contributed by atoms with Crippen LogP contribution in [0, 0.1) is 12.8 Å². The third-order valence-electron chi connectivity index (χ3n) is 6.86. The number of para-hydroxylation sites is 1. The number of nitrogens with zero attached hydrogens (tertiary/aromatic N) is 1. The molecule has 0 aliphatic rings. The number of carbonyl (C=O) groups is 3. The largest absolute Gasteiger partial charge is 0.444 e. The van der Waals surface area contributed by atoms with Crippen molar-refractivity contribution in [3.63, 3.8) is 0 Å². The van der Waals surface area contributed by atoms with Gasteiger partial charge in [-0.3, -0.25) is 9.59 Å². The molecule has 7 nitrogen and oxygen atoms in total. The van der Waals surface area contributed by atoms with Crippen LogP contribution in [0.1, 0.15) is 90.0 Å². The molecule has 0 aromatic heterocycles. The van der Waals surface area contributed by atoms with Gasteiger partial charge in [0.25, 0.3) is 5.91 Å². The Labute approximate surface area is 240 Å². The summed E-state index contributed by atoms with van der Waals surface area (Å²) >= 11 is 0. The van der Waals surface area contributed by atoms with Gasteiger partial charge in [-0.05, 0) is 68.9 Å². The Hall–Kier alpha value is -3.61. The van der Waals surface area contributed by atoms with Crippen LogP contribution in [-0.2, 0) is 14.3 Å². The monoisotopic (exact) mass is 549 g/mol. The minimum absolute atomic E-state index is 0.187. The fourth-order valence-corrected chi connectivity index (χ4v) is 4.44. The maximum Gasteiger partial charge on any atom is 0.408 e. The maximum absolute atomic E-state index is 14.4. The van der Waals surface area contributed by atoms with E-state index < -0.39 is 23.8 Å². The van der Waals surface area contributed by atoms with E-state index in [1.165, 1.54) is 0 Å². The SMILES string of the molecule is C=Cc1cccc(C(C(=O)Nc2ccccc2C)N(CCCCC)C(=O)C(NC(=O)OC(C)(C)C)C(C)CC)c1. The average Bonchev–Trinajstić information content (AvgIpc) is 2.90. The first-order valence-electron chi connectivity index (χ1n) is 14.3. The molecule has 0 spiro atoms. The van der Waals surface area contributed by atoms with Gasteiger partial charge in [-0.25, -0.2) is 4.79 Å². The lowest BCUT2D eigenvalue weighted by atomic mass is 9.95. The second-order valence-corrected chi connectivity index (χ2v) is 11.3. The first-order valence-corrected chi connectivity index (χ1v) is 14.3. The molecular weight excluding hydrogens is 502 g/mol. The molecule has 0 saturated carbocycles. The Morgan fingerprint density at radius 1 is 1.05 bits per heavy atom. The van der Waals surface area contributed by atoms with Crippen LogP contribution in [0.4, 0.5) is 10.5 Å². The Kier molecular flexibility index (Phi) is 12.4. The van der Waals surface area contributed by atoms with Gasteiger partial charge in [0.05, 0.1) is 0 Å². The Morgan fingerprint density at radius 2 is 1.75 bits per heavy atom. The van der Waals surface area contributed by atoms with E-state index in [2.05, 4.69) is 24.1 Å². The van der Waals surface area contributed by atoms with E-state index in [0.717, 1.165) is 30.4 Å². The number of carbonyl (C=O) groups excluding carboxylic acids is 3. The lowest BCUT2D eigenvalue weighted by Gasteiger charge is -2.36. The Balaban J connectivity index is 2.60. The second kappa shape index (κ2) is 15.2. The standard InChI is InChI=1S/C33H47N3O4/c1-9-12-15-21-36(31(38)28(23(4)10-2)35-32(39)40-33(6,7)8)29(26-19-16-18-25(11-3)22-26)30(37)34-27-20-14-13-17-24(27)5/h11,13-14,16-20,22-23,28-29H,3,9-10,12,15,21H2,1-2,4-8H3,(H,34,37)(H,35,39). The summed E-state index contributed by atoms with van der Waals surface area (Å²) in [5, 5.41) is 5.88. The van der Waals surface area contributed by atoms with Gasteiger partial charge in [-0.15, -0.1) is 0 Å². The summed E-state index contributed by atoms with van der Waals surface area (Å²) in [4.78, 5) is 42.9. The highest BCUT2D eigenvalue weighted by Gasteiger charge is 2.38. The molecule has 0 aliphatic heterocycles. The van der Waals surface area contributed by atoms with Gasteiger partial charge in [0.2, 0.25) is 5.91 Å². The number of nitrogens with one attached hydrogen (secondary N) is 2. The van der Waals surface area contributed by atoms with Crippen molar-refractivity contribution >= 4 is 29.7 Å². The highest BCUT2D eigenvalue weighted by Crippen LogP contribution is 2.28. The van der Waals surface area contributed by atoms with Gasteiger partial charge in [0, 0.05) is 12.2 Å². The quantitative estimate of drug-likeness (QED) is 0.257. The van der Waals surface area contributed by atoms with Gasteiger partial charge < -0.3 is 20.3 Å². The lowest BCUT2D eigenvalue weighted by molar-refractivity contribution is -0.142. The molecule has 0 radical (unpaired) electrons. The minimum atomic E-state index is -0.921. The molecule has 3 atom stereocenters. The number of unbranched alkanes of at least 4 members (excludes halogenated alkanes) is 2. The molecule has 3 amide bonds. The number of rotatable bonds is 13. The fourth-order valence-electron chi connectivity index (χ4n) is 4.44. The highest BCUT2D eigenvalue weighted by atomic mass is 16.6. The summed E-state index contributed by atoms with van der Waals surface area (Å²) in [5.41, 5.74) is 2.41. The molecule has 0 heterocycles. The van der Waals surface area contributed by atoms with Crippen molar-refractivity contribution in [1.29, 1.82) is 0 Å². The molecule has 2 rings (SSSR count). The number of alkyl carbamates (subject to hydrolysis) is 1. The normalized spacial score (nSPS) is 13.5. The van der Waals surface area contributed by atoms with Crippen molar-refractivity contribution in [2.75, 3.05) is 11.9 Å². The van der Waals surface area contributed by atoms with Gasteiger partial charge in [-0.1, -0.05) is 89.1 Å². The predicted molar refractivity (Wildman–Crippen MR) is 163 cm³/mol. The average molecular weight is 550 g/mol. The first-order chi connectivity index (χ1) is 18.9. The molecule has 7 heteroatoms. The van der Waals surface area contributed by atoms with Crippen molar-refractivity contribution in [3.05, 3.63) is 71.8 Å². The zero-order valence-electron chi connectivity index (χ0n) is 25.3. The van der Waals surface area contributed by atoms with E-state index in [1.807, 2.05) is 69.3 Å². The molecule has 0 aliphatic carbocycles. The Bertz CT molecular complexity index is 1150. The van der Waals surface area contributed by atoms with Crippen LogP contribution in [0.3, 0.4) is 0 Å². The van der Waals surface area contributed by atoms with Crippen LogP contribution in [0.5, 0.6) is 0 Å². The van der Waals surface area contributed by atoms with Crippen LogP contribution in [0.2, 0.25) is 0 Å². The second-order valence-electron chi connectivity index (χ2n) is 11.3. The number of anilines is 1. The van der Waals surface area contributed by atoms with Crippen LogP contribution in [0.15, 0.2) is 55.1 Å². The number of hydrogen-bond acceptors (Lipinski definition) is 4. The summed E-state index contributed by atoms with van der Waals surface area (Å²) in [6.45, 7) is 17.5. The zero-order chi connectivity index (χ0) is 29.9. The molecule has 0 saturated heterocycles. The molecule has 2 aromatic rings. The minimum Gasteiger partial charge on any atom is -0.444 e. The van der Waals surface area contributed by atoms with Gasteiger partial charge in [0.15, 0.2) is 0 Å². The molecule has 2 aromatic carbocycles. The van der Waals surface area contributed by atoms with Crippen molar-refractivity contribution in [1.82, 2.24) is 10.2 Å². The van der Waals surface area contributed by atoms with Crippen molar-refractivity contribution in [2.45, 2.75) is 91.8 Å². The van der Waals surface area contributed by atoms with E-state index in [9.17, 15) is 14.4 Å². The van der Waals surface area contributed by atoms with Crippen molar-refractivity contribution in [2.24, 2.45) is 5.92 Å². The molecule has 0 fully saturated rings. The van der Waals surface area contributed by atoms with Crippen LogP contribution in [0.25, 0.3) is 6.08 Å². The number of amides is 3. The molecule has 218 valence electrons. The van der Waals surface area contributed by atoms with E-state index in [0.29, 0.717) is 24.2 Å². The van der Waals surface area contributed by atoms with E-state index in [4.69, 9.17) is 4.74 Å². The first kappa shape index (κ1) is 32.6. The summed E-state index contributed by atoms with van der Waals surface area (Å²) in [6.07, 6.45) is 4.29. The van der Waals surface area contributed by atoms with Gasteiger partial charge >= 0.3 is 6.09 Å². The zero-order valence-corrected chi connectivity index (χ0v) is 25.3. The third kappa shape index (κ3) is 9.54. The molecule has 2 N–H and O–H groups in total. The van der Waals surface area contributed by atoms with Crippen LogP contribution in [-0.4, -0.2) is 41.0 Å². The topological polar surface area (TPSA) is 87.7 Å². The number of benzene rings is 2. The van der Waals surface area contributed by atoms with Gasteiger partial charge in [0.1, 0.15) is 17.7 Å². The molecule has 3 unspecified atom stereocenters. The summed E-state index contributed by atoms with van der Waals surface area (Å²) in [6, 6.07) is 13.3. The number of ether oxygens (including phenoxy) is 1. The molecular formula is C33H47N3O4. The maximum atomic E-state index is 14.4. The summed E-state index contributed by atoms with van der Waals surface area (Å²) in [5.74, 6) is -0.820. The fraction of sp³-hybridized carbons (Fsp3) is 0.485. The Morgan fingerprint density at radius 3 is 2.35 bits per heavy atom. The summed E-state index contributed by atoms with van der Waals surface area (Å²) in [7, 11) is 0. The van der Waals surface area contributed by atoms with Crippen LogP contribution >= 0.6 is 0 Å². The van der Waals surface area contributed by atoms with Crippen molar-refractivity contribution < 1.29 is 19.1 Å².